The number of hydrogen-bond donors (Lipinski definition) is 1. The van der Waals surface area contributed by atoms with Crippen molar-refractivity contribution in [3.05, 3.63) is 29.8 Å². The number of halogens is 1. The van der Waals surface area contributed by atoms with Crippen molar-refractivity contribution >= 4 is 23.7 Å². The molecule has 0 heterocycles. The van der Waals surface area contributed by atoms with Gasteiger partial charge in [0.25, 0.3) is 0 Å². The van der Waals surface area contributed by atoms with E-state index in [9.17, 15) is 9.59 Å². The van der Waals surface area contributed by atoms with Gasteiger partial charge in [-0.15, -0.1) is 11.6 Å². The van der Waals surface area contributed by atoms with Gasteiger partial charge >= 0.3 is 12.1 Å². The molecule has 0 atom stereocenters. The van der Waals surface area contributed by atoms with Crippen LogP contribution in [0.5, 0.6) is 5.75 Å². The van der Waals surface area contributed by atoms with E-state index < -0.39 is 6.09 Å². The largest absolute Gasteiger partial charge is 0.445 e. The molecule has 1 aromatic carbocycles. The summed E-state index contributed by atoms with van der Waals surface area (Å²) in [6.45, 7) is 1.85. The molecule has 0 saturated carbocycles. The lowest BCUT2D eigenvalue weighted by Gasteiger charge is -2.06. The molecule has 0 aliphatic rings. The van der Waals surface area contributed by atoms with Gasteiger partial charge in [-0.05, 0) is 17.7 Å². The number of carbonyl (C=O) groups is 2. The molecular formula is C12H14ClNO4. The Labute approximate surface area is 110 Å². The Morgan fingerprint density at radius 2 is 1.94 bits per heavy atom. The van der Waals surface area contributed by atoms with Crippen LogP contribution >= 0.6 is 11.6 Å². The van der Waals surface area contributed by atoms with Gasteiger partial charge in [0.1, 0.15) is 12.4 Å². The summed E-state index contributed by atoms with van der Waals surface area (Å²) in [5.41, 5.74) is 0.798. The number of ether oxygens (including phenoxy) is 2. The molecule has 0 aliphatic carbocycles. The van der Waals surface area contributed by atoms with Gasteiger partial charge in [0.2, 0.25) is 0 Å². The Morgan fingerprint density at radius 3 is 2.50 bits per heavy atom. The molecule has 0 aliphatic heterocycles. The van der Waals surface area contributed by atoms with E-state index in [1.54, 1.807) is 24.3 Å². The zero-order valence-corrected chi connectivity index (χ0v) is 10.7. The Bertz CT molecular complexity index is 405. The van der Waals surface area contributed by atoms with Crippen LogP contribution in [0.1, 0.15) is 12.5 Å². The average molecular weight is 272 g/mol. The van der Waals surface area contributed by atoms with Crippen LogP contribution in [0.15, 0.2) is 24.3 Å². The van der Waals surface area contributed by atoms with E-state index >= 15 is 0 Å². The summed E-state index contributed by atoms with van der Waals surface area (Å²) < 4.78 is 9.81. The van der Waals surface area contributed by atoms with E-state index in [4.69, 9.17) is 21.1 Å². The second-order valence-electron chi connectivity index (χ2n) is 3.43. The summed E-state index contributed by atoms with van der Waals surface area (Å²) in [6, 6.07) is 6.70. The SMILES string of the molecule is CC(=O)Oc1ccc(COC(=O)NCCCl)cc1. The molecule has 0 bridgehead atoms. The maximum atomic E-state index is 11.1. The smallest absolute Gasteiger partial charge is 0.407 e. The normalized spacial score (nSPS) is 9.67. The zero-order valence-electron chi connectivity index (χ0n) is 9.94. The fourth-order valence-corrected chi connectivity index (χ4v) is 1.26. The second-order valence-corrected chi connectivity index (χ2v) is 3.81. The van der Waals surface area contributed by atoms with E-state index in [0.717, 1.165) is 5.56 Å². The van der Waals surface area contributed by atoms with Crippen molar-refractivity contribution in [3.8, 4) is 5.75 Å². The van der Waals surface area contributed by atoms with Gasteiger partial charge in [-0.1, -0.05) is 12.1 Å². The van der Waals surface area contributed by atoms with Crippen LogP contribution in [0.4, 0.5) is 4.79 Å². The monoisotopic (exact) mass is 271 g/mol. The van der Waals surface area contributed by atoms with E-state index in [1.807, 2.05) is 0 Å². The molecule has 6 heteroatoms. The Hall–Kier alpha value is -1.75. The summed E-state index contributed by atoms with van der Waals surface area (Å²) >= 11 is 5.41. The molecule has 98 valence electrons. The summed E-state index contributed by atoms with van der Waals surface area (Å²) in [6.07, 6.45) is -0.514. The molecule has 0 unspecified atom stereocenters. The number of alkyl halides is 1. The fourth-order valence-electron chi connectivity index (χ4n) is 1.17. The topological polar surface area (TPSA) is 64.6 Å². The molecule has 1 amide bonds. The Balaban J connectivity index is 2.39. The summed E-state index contributed by atoms with van der Waals surface area (Å²) in [5, 5.41) is 2.48. The first-order valence-corrected chi connectivity index (χ1v) is 5.89. The highest BCUT2D eigenvalue weighted by Gasteiger charge is 2.02. The average Bonchev–Trinajstić information content (AvgIpc) is 2.35. The Kier molecular flexibility index (Phi) is 6.00. The quantitative estimate of drug-likeness (QED) is 0.506. The number of esters is 1. The second kappa shape index (κ2) is 7.55. The highest BCUT2D eigenvalue weighted by molar-refractivity contribution is 6.18. The fraction of sp³-hybridized carbons (Fsp3) is 0.333. The van der Waals surface area contributed by atoms with E-state index in [0.29, 0.717) is 18.2 Å². The Morgan fingerprint density at radius 1 is 1.28 bits per heavy atom. The van der Waals surface area contributed by atoms with Gasteiger partial charge in [0.15, 0.2) is 0 Å². The first kappa shape index (κ1) is 14.3. The van der Waals surface area contributed by atoms with Gasteiger partial charge in [-0.2, -0.15) is 0 Å². The number of rotatable bonds is 5. The van der Waals surface area contributed by atoms with Crippen molar-refractivity contribution in [2.24, 2.45) is 0 Å². The van der Waals surface area contributed by atoms with Crippen LogP contribution in [-0.4, -0.2) is 24.5 Å². The van der Waals surface area contributed by atoms with Gasteiger partial charge in [0.05, 0.1) is 0 Å². The van der Waals surface area contributed by atoms with E-state index in [-0.39, 0.29) is 12.6 Å². The number of carbonyl (C=O) groups excluding carboxylic acids is 2. The number of nitrogens with one attached hydrogen (secondary N) is 1. The lowest BCUT2D eigenvalue weighted by molar-refractivity contribution is -0.131. The first-order chi connectivity index (χ1) is 8.61. The minimum Gasteiger partial charge on any atom is -0.445 e. The summed E-state index contributed by atoms with van der Waals surface area (Å²) in [5.74, 6) is 0.420. The third-order valence-corrected chi connectivity index (χ3v) is 2.11. The van der Waals surface area contributed by atoms with Gasteiger partial charge < -0.3 is 14.8 Å². The van der Waals surface area contributed by atoms with Crippen LogP contribution < -0.4 is 10.1 Å². The molecule has 0 spiro atoms. The molecule has 0 fully saturated rings. The molecule has 1 rings (SSSR count). The van der Waals surface area contributed by atoms with Crippen LogP contribution in [0.3, 0.4) is 0 Å². The number of alkyl carbamates (subject to hydrolysis) is 1. The lowest BCUT2D eigenvalue weighted by atomic mass is 10.2. The number of benzene rings is 1. The van der Waals surface area contributed by atoms with E-state index in [2.05, 4.69) is 5.32 Å². The third-order valence-electron chi connectivity index (χ3n) is 1.92. The highest BCUT2D eigenvalue weighted by Crippen LogP contribution is 2.12. The predicted molar refractivity (Wildman–Crippen MR) is 66.7 cm³/mol. The van der Waals surface area contributed by atoms with Crippen LogP contribution in [-0.2, 0) is 16.1 Å². The van der Waals surface area contributed by atoms with Crippen molar-refractivity contribution in [1.82, 2.24) is 5.32 Å². The molecule has 0 aromatic heterocycles. The van der Waals surface area contributed by atoms with E-state index in [1.165, 1.54) is 6.92 Å². The highest BCUT2D eigenvalue weighted by atomic mass is 35.5. The summed E-state index contributed by atoms with van der Waals surface area (Å²) in [4.78, 5) is 21.8. The molecule has 18 heavy (non-hydrogen) atoms. The van der Waals surface area contributed by atoms with Crippen molar-refractivity contribution in [2.75, 3.05) is 12.4 Å². The van der Waals surface area contributed by atoms with Crippen molar-refractivity contribution in [1.29, 1.82) is 0 Å². The molecule has 5 nitrogen and oxygen atoms in total. The predicted octanol–water partition coefficient (Wildman–Crippen LogP) is 2.08. The lowest BCUT2D eigenvalue weighted by Crippen LogP contribution is -2.25. The standard InChI is InChI=1S/C12H14ClNO4/c1-9(15)18-11-4-2-10(3-5-11)8-17-12(16)14-7-6-13/h2-5H,6-8H2,1H3,(H,14,16). The van der Waals surface area contributed by atoms with Crippen molar-refractivity contribution in [2.45, 2.75) is 13.5 Å². The number of hydrogen-bond acceptors (Lipinski definition) is 4. The molecule has 0 saturated heterocycles. The summed E-state index contributed by atoms with van der Waals surface area (Å²) in [7, 11) is 0. The van der Waals surface area contributed by atoms with Crippen LogP contribution in [0, 0.1) is 0 Å². The van der Waals surface area contributed by atoms with Gasteiger partial charge in [-0.25, -0.2) is 4.79 Å². The molecular weight excluding hydrogens is 258 g/mol. The maximum absolute atomic E-state index is 11.1. The van der Waals surface area contributed by atoms with Crippen molar-refractivity contribution in [3.63, 3.8) is 0 Å². The maximum Gasteiger partial charge on any atom is 0.407 e. The van der Waals surface area contributed by atoms with Crippen molar-refractivity contribution < 1.29 is 19.1 Å². The number of amides is 1. The van der Waals surface area contributed by atoms with Gasteiger partial charge in [-0.3, -0.25) is 4.79 Å². The minimum atomic E-state index is -0.514. The van der Waals surface area contributed by atoms with Crippen LogP contribution in [0.25, 0.3) is 0 Å². The van der Waals surface area contributed by atoms with Gasteiger partial charge in [0, 0.05) is 19.3 Å². The molecule has 0 radical (unpaired) electrons. The third kappa shape index (κ3) is 5.54. The zero-order chi connectivity index (χ0) is 13.4. The molecule has 1 aromatic rings. The van der Waals surface area contributed by atoms with Crippen LogP contribution in [0.2, 0.25) is 0 Å². The molecule has 1 N–H and O–H groups in total. The first-order valence-electron chi connectivity index (χ1n) is 5.36. The minimum absolute atomic E-state index is 0.147.